The van der Waals surface area contributed by atoms with Crippen LogP contribution in [-0.4, -0.2) is 36.7 Å². The predicted molar refractivity (Wildman–Crippen MR) is 115 cm³/mol. The zero-order valence-electron chi connectivity index (χ0n) is 17.3. The summed E-state index contributed by atoms with van der Waals surface area (Å²) in [5.41, 5.74) is -0.615. The minimum absolute atomic E-state index is 0.0000504. The Hall–Kier alpha value is -3.51. The van der Waals surface area contributed by atoms with Crippen molar-refractivity contribution in [2.45, 2.75) is 12.3 Å². The molecule has 1 heterocycles. The van der Waals surface area contributed by atoms with Crippen LogP contribution >= 0.6 is 9.24 Å². The molecule has 0 bridgehead atoms. The quantitative estimate of drug-likeness (QED) is 0.357. The highest BCUT2D eigenvalue weighted by Crippen LogP contribution is 2.44. The van der Waals surface area contributed by atoms with Gasteiger partial charge in [-0.25, -0.2) is 4.39 Å². The first-order valence-electron chi connectivity index (χ1n) is 9.43. The van der Waals surface area contributed by atoms with Crippen molar-refractivity contribution in [2.24, 2.45) is 0 Å². The molecule has 2 aromatic carbocycles. The van der Waals surface area contributed by atoms with E-state index in [9.17, 15) is 19.5 Å². The summed E-state index contributed by atoms with van der Waals surface area (Å²) in [4.78, 5) is 39.8. The molecule has 1 N–H and O–H groups in total. The van der Waals surface area contributed by atoms with Crippen LogP contribution in [0, 0.1) is 0 Å². The molecule has 0 aliphatic heterocycles. The Kier molecular flexibility index (Phi) is 5.13. The Balaban J connectivity index is 1.99. The van der Waals surface area contributed by atoms with Gasteiger partial charge in [0.1, 0.15) is 0 Å². The van der Waals surface area contributed by atoms with E-state index >= 15 is 4.39 Å². The number of phenols is 1. The van der Waals surface area contributed by atoms with Gasteiger partial charge in [-0.1, -0.05) is 33.5 Å². The van der Waals surface area contributed by atoms with Crippen LogP contribution in [0.2, 0.25) is 0 Å². The lowest BCUT2D eigenvalue weighted by molar-refractivity contribution is 0.0956. The van der Waals surface area contributed by atoms with Gasteiger partial charge in [0.05, 0.1) is 25.3 Å². The van der Waals surface area contributed by atoms with E-state index < -0.39 is 40.0 Å². The van der Waals surface area contributed by atoms with E-state index in [1.165, 1.54) is 32.4 Å². The molecular weight excluding hydrogens is 438 g/mol. The van der Waals surface area contributed by atoms with E-state index in [2.05, 4.69) is 0 Å². The summed E-state index contributed by atoms with van der Waals surface area (Å²) in [6, 6.07) is 8.48. The maximum absolute atomic E-state index is 15.1. The molecule has 1 aliphatic rings. The molecule has 1 aliphatic carbocycles. The van der Waals surface area contributed by atoms with Crippen molar-refractivity contribution < 1.29 is 37.8 Å². The minimum Gasteiger partial charge on any atom is -0.504 e. The van der Waals surface area contributed by atoms with Crippen LogP contribution in [0.4, 0.5) is 4.39 Å². The second-order valence-corrected chi connectivity index (χ2v) is 8.43. The first-order valence-corrected chi connectivity index (χ1v) is 10.0. The van der Waals surface area contributed by atoms with Gasteiger partial charge in [0.25, 0.3) is 0 Å². The lowest BCUT2D eigenvalue weighted by Crippen LogP contribution is -2.22. The largest absolute Gasteiger partial charge is 0.504 e. The molecule has 32 heavy (non-hydrogen) atoms. The number of aromatic hydroxyl groups is 1. The average molecular weight is 456 g/mol. The number of benzene rings is 2. The SMILES string of the molecule is COc1cc(C(=O)c2c(C(C)(F)P)oc3c2C(=O)c2ccccc2C3=O)cc(O)c1OC. The van der Waals surface area contributed by atoms with Gasteiger partial charge < -0.3 is 19.0 Å². The number of ketones is 3. The number of hydrogen-bond donors (Lipinski definition) is 1. The van der Waals surface area contributed by atoms with Crippen LogP contribution in [0.5, 0.6) is 17.2 Å². The van der Waals surface area contributed by atoms with Crippen LogP contribution in [-0.2, 0) is 5.41 Å². The summed E-state index contributed by atoms with van der Waals surface area (Å²) in [5, 5.41) is 7.99. The Morgan fingerprint density at radius 3 is 2.28 bits per heavy atom. The first-order chi connectivity index (χ1) is 15.1. The Morgan fingerprint density at radius 2 is 1.72 bits per heavy atom. The number of furan rings is 1. The molecule has 0 amide bonds. The number of hydrogen-bond acceptors (Lipinski definition) is 7. The number of fused-ring (bicyclic) bond motifs is 2. The van der Waals surface area contributed by atoms with Gasteiger partial charge in [0, 0.05) is 16.7 Å². The summed E-state index contributed by atoms with van der Waals surface area (Å²) in [6.07, 6.45) is 0. The Labute approximate surface area is 184 Å². The van der Waals surface area contributed by atoms with Crippen molar-refractivity contribution in [3.8, 4) is 17.2 Å². The third-order valence-corrected chi connectivity index (χ3v) is 5.41. The van der Waals surface area contributed by atoms with E-state index in [0.717, 1.165) is 13.0 Å². The number of methoxy groups -OCH3 is 2. The molecule has 9 heteroatoms. The molecule has 164 valence electrons. The van der Waals surface area contributed by atoms with Gasteiger partial charge in [0.2, 0.25) is 11.5 Å². The van der Waals surface area contributed by atoms with Crippen LogP contribution in [0.1, 0.15) is 60.6 Å². The topological polar surface area (TPSA) is 103 Å². The fraction of sp³-hybridized carbons (Fsp3) is 0.174. The van der Waals surface area contributed by atoms with Gasteiger partial charge >= 0.3 is 0 Å². The second kappa shape index (κ2) is 7.57. The number of ether oxygens (including phenoxy) is 2. The zero-order chi connectivity index (χ0) is 23.4. The molecule has 7 nitrogen and oxygen atoms in total. The van der Waals surface area contributed by atoms with Crippen molar-refractivity contribution >= 4 is 26.6 Å². The summed E-state index contributed by atoms with van der Waals surface area (Å²) >= 11 is 0. The molecule has 0 spiro atoms. The number of carbonyl (C=O) groups is 3. The number of carbonyl (C=O) groups excluding carboxylic acids is 3. The fourth-order valence-corrected chi connectivity index (χ4v) is 3.93. The normalized spacial score (nSPS) is 14.4. The molecular formula is C23H18FO7P. The van der Waals surface area contributed by atoms with Crippen LogP contribution in [0.3, 0.4) is 0 Å². The van der Waals surface area contributed by atoms with E-state index in [1.54, 1.807) is 12.1 Å². The van der Waals surface area contributed by atoms with Gasteiger partial charge in [-0.3, -0.25) is 14.4 Å². The monoisotopic (exact) mass is 456 g/mol. The Morgan fingerprint density at radius 1 is 1.09 bits per heavy atom. The summed E-state index contributed by atoms with van der Waals surface area (Å²) in [5.74, 6) is -3.31. The second-order valence-electron chi connectivity index (χ2n) is 7.35. The molecule has 2 atom stereocenters. The fourth-order valence-electron chi connectivity index (χ4n) is 3.72. The predicted octanol–water partition coefficient (Wildman–Crippen LogP) is 4.03. The average Bonchev–Trinajstić information content (AvgIpc) is 3.18. The van der Waals surface area contributed by atoms with Gasteiger partial charge in [-0.05, 0) is 19.1 Å². The van der Waals surface area contributed by atoms with Crippen LogP contribution in [0.15, 0.2) is 40.8 Å². The van der Waals surface area contributed by atoms with Crippen LogP contribution < -0.4 is 9.47 Å². The molecule has 1 aromatic heterocycles. The first kappa shape index (κ1) is 21.7. The van der Waals surface area contributed by atoms with E-state index in [4.69, 9.17) is 13.9 Å². The molecule has 4 rings (SSSR count). The van der Waals surface area contributed by atoms with E-state index in [1.807, 2.05) is 9.24 Å². The number of phenolic OH excluding ortho intramolecular Hbond substituents is 1. The highest BCUT2D eigenvalue weighted by Gasteiger charge is 2.43. The maximum atomic E-state index is 15.1. The molecule has 0 saturated carbocycles. The standard InChI is InChI=1S/C23H18FO7P/c1-23(24,32)22-16(17(26)10-8-13(25)20(30-3)14(9-10)29-2)15-18(27)11-6-4-5-7-12(11)19(28)21(15)31-22/h4-9,25H,32H2,1-3H3. The van der Waals surface area contributed by atoms with Crippen molar-refractivity contribution in [2.75, 3.05) is 14.2 Å². The lowest BCUT2D eigenvalue weighted by Gasteiger charge is -2.15. The molecule has 2 unspecified atom stereocenters. The third kappa shape index (κ3) is 3.19. The van der Waals surface area contributed by atoms with Crippen molar-refractivity contribution in [3.05, 3.63) is 75.7 Å². The summed E-state index contributed by atoms with van der Waals surface area (Å²) in [7, 11) is 4.52. The summed E-state index contributed by atoms with van der Waals surface area (Å²) in [6.45, 7) is 1.12. The lowest BCUT2D eigenvalue weighted by atomic mass is 9.84. The van der Waals surface area contributed by atoms with E-state index in [-0.39, 0.29) is 39.3 Å². The van der Waals surface area contributed by atoms with Crippen molar-refractivity contribution in [1.82, 2.24) is 0 Å². The van der Waals surface area contributed by atoms with E-state index in [0.29, 0.717) is 0 Å². The zero-order valence-corrected chi connectivity index (χ0v) is 18.5. The highest BCUT2D eigenvalue weighted by molar-refractivity contribution is 7.18. The van der Waals surface area contributed by atoms with Gasteiger partial charge in [0.15, 0.2) is 40.0 Å². The minimum atomic E-state index is -2.27. The smallest absolute Gasteiger partial charge is 0.229 e. The Bertz CT molecular complexity index is 1300. The molecule has 3 aromatic rings. The number of rotatable bonds is 5. The van der Waals surface area contributed by atoms with Gasteiger partial charge in [-0.2, -0.15) is 0 Å². The summed E-state index contributed by atoms with van der Waals surface area (Å²) < 4.78 is 30.8. The maximum Gasteiger partial charge on any atom is 0.229 e. The van der Waals surface area contributed by atoms with Crippen molar-refractivity contribution in [1.29, 1.82) is 0 Å². The highest BCUT2D eigenvalue weighted by atomic mass is 31.0. The molecule has 0 fully saturated rings. The molecule has 0 radical (unpaired) electrons. The van der Waals surface area contributed by atoms with Crippen LogP contribution in [0.25, 0.3) is 0 Å². The number of alkyl halides is 1. The third-order valence-electron chi connectivity index (χ3n) is 5.15. The molecule has 0 saturated heterocycles. The van der Waals surface area contributed by atoms with Gasteiger partial charge in [-0.15, -0.1) is 0 Å². The van der Waals surface area contributed by atoms with Crippen molar-refractivity contribution in [3.63, 3.8) is 0 Å². The number of halogens is 1.